The summed E-state index contributed by atoms with van der Waals surface area (Å²) in [7, 11) is 1.63. The van der Waals surface area contributed by atoms with Crippen LogP contribution in [0, 0.1) is 6.92 Å². The number of methoxy groups -OCH3 is 1. The second kappa shape index (κ2) is 7.45. The van der Waals surface area contributed by atoms with Gasteiger partial charge in [-0.25, -0.2) is 0 Å². The van der Waals surface area contributed by atoms with E-state index in [1.807, 2.05) is 42.3 Å². The zero-order chi connectivity index (χ0) is 16.9. The fourth-order valence-corrected chi connectivity index (χ4v) is 2.99. The third-order valence-electron chi connectivity index (χ3n) is 4.44. The number of aromatic nitrogens is 1. The highest BCUT2D eigenvalue weighted by Gasteiger charge is 2.22. The van der Waals surface area contributed by atoms with Crippen LogP contribution in [0.5, 0.6) is 5.75 Å². The predicted octanol–water partition coefficient (Wildman–Crippen LogP) is 2.36. The first-order valence-corrected chi connectivity index (χ1v) is 8.22. The Labute approximate surface area is 142 Å². The predicted molar refractivity (Wildman–Crippen MR) is 93.1 cm³/mol. The van der Waals surface area contributed by atoms with Crippen LogP contribution in [0.15, 0.2) is 42.7 Å². The van der Waals surface area contributed by atoms with Gasteiger partial charge in [0.25, 0.3) is 5.91 Å². The Hall–Kier alpha value is -2.40. The molecule has 24 heavy (non-hydrogen) atoms. The van der Waals surface area contributed by atoms with Crippen molar-refractivity contribution in [1.82, 2.24) is 14.8 Å². The number of carbonyl (C=O) groups is 1. The van der Waals surface area contributed by atoms with Gasteiger partial charge in [0.15, 0.2) is 0 Å². The molecule has 1 fully saturated rings. The molecule has 5 nitrogen and oxygen atoms in total. The summed E-state index contributed by atoms with van der Waals surface area (Å²) in [5, 5.41) is 0. The molecule has 1 amide bonds. The van der Waals surface area contributed by atoms with E-state index in [2.05, 4.69) is 16.0 Å². The fourth-order valence-electron chi connectivity index (χ4n) is 2.99. The first-order chi connectivity index (χ1) is 11.7. The van der Waals surface area contributed by atoms with Crippen molar-refractivity contribution < 1.29 is 9.53 Å². The molecular weight excluding hydrogens is 302 g/mol. The van der Waals surface area contributed by atoms with E-state index in [9.17, 15) is 4.79 Å². The standard InChI is InChI=1S/C19H23N3O2/c1-15-5-6-17(12-18(15)24-2)19(23)22-10-8-21(9-11-22)14-16-4-3-7-20-13-16/h3-7,12-13H,8-11,14H2,1-2H3. The van der Waals surface area contributed by atoms with Crippen LogP contribution >= 0.6 is 0 Å². The molecule has 0 aliphatic carbocycles. The summed E-state index contributed by atoms with van der Waals surface area (Å²) in [5.41, 5.74) is 2.94. The van der Waals surface area contributed by atoms with Crippen molar-refractivity contribution >= 4 is 5.91 Å². The third-order valence-corrected chi connectivity index (χ3v) is 4.44. The van der Waals surface area contributed by atoms with E-state index in [1.165, 1.54) is 5.56 Å². The van der Waals surface area contributed by atoms with Crippen molar-refractivity contribution in [2.45, 2.75) is 13.5 Å². The van der Waals surface area contributed by atoms with Crippen LogP contribution in [-0.4, -0.2) is 54.0 Å². The van der Waals surface area contributed by atoms with Crippen LogP contribution in [0.25, 0.3) is 0 Å². The molecule has 0 saturated carbocycles. The fraction of sp³-hybridized carbons (Fsp3) is 0.368. The minimum absolute atomic E-state index is 0.0781. The lowest BCUT2D eigenvalue weighted by molar-refractivity contribution is 0.0628. The number of ether oxygens (including phenoxy) is 1. The molecule has 5 heteroatoms. The topological polar surface area (TPSA) is 45.7 Å². The van der Waals surface area contributed by atoms with E-state index in [-0.39, 0.29) is 5.91 Å². The van der Waals surface area contributed by atoms with Gasteiger partial charge >= 0.3 is 0 Å². The number of benzene rings is 1. The number of amides is 1. The molecule has 1 aromatic heterocycles. The van der Waals surface area contributed by atoms with Gasteiger partial charge in [-0.2, -0.15) is 0 Å². The quantitative estimate of drug-likeness (QED) is 0.866. The minimum atomic E-state index is 0.0781. The second-order valence-corrected chi connectivity index (χ2v) is 6.11. The summed E-state index contributed by atoms with van der Waals surface area (Å²) in [6.45, 7) is 6.11. The molecule has 0 N–H and O–H groups in total. The molecule has 0 spiro atoms. The largest absolute Gasteiger partial charge is 0.496 e. The maximum atomic E-state index is 12.7. The van der Waals surface area contributed by atoms with Crippen LogP contribution in [0.3, 0.4) is 0 Å². The van der Waals surface area contributed by atoms with E-state index in [1.54, 1.807) is 13.3 Å². The minimum Gasteiger partial charge on any atom is -0.496 e. The zero-order valence-electron chi connectivity index (χ0n) is 14.2. The first kappa shape index (κ1) is 16.5. The Kier molecular flexibility index (Phi) is 5.11. The second-order valence-electron chi connectivity index (χ2n) is 6.11. The van der Waals surface area contributed by atoms with Gasteiger partial charge < -0.3 is 9.64 Å². The zero-order valence-corrected chi connectivity index (χ0v) is 14.2. The summed E-state index contributed by atoms with van der Waals surface area (Å²) < 4.78 is 5.32. The van der Waals surface area contributed by atoms with Gasteiger partial charge in [0, 0.05) is 50.7 Å². The monoisotopic (exact) mass is 325 g/mol. The lowest BCUT2D eigenvalue weighted by atomic mass is 10.1. The summed E-state index contributed by atoms with van der Waals surface area (Å²) >= 11 is 0. The van der Waals surface area contributed by atoms with E-state index in [4.69, 9.17) is 4.74 Å². The molecule has 2 aromatic rings. The number of hydrogen-bond acceptors (Lipinski definition) is 4. The van der Waals surface area contributed by atoms with Gasteiger partial charge in [-0.05, 0) is 36.2 Å². The number of nitrogens with zero attached hydrogens (tertiary/aromatic N) is 3. The lowest BCUT2D eigenvalue weighted by Crippen LogP contribution is -2.48. The Balaban J connectivity index is 1.59. The highest BCUT2D eigenvalue weighted by Crippen LogP contribution is 2.20. The van der Waals surface area contributed by atoms with Gasteiger partial charge in [-0.3, -0.25) is 14.7 Å². The molecule has 0 bridgehead atoms. The Morgan fingerprint density at radius 2 is 2.00 bits per heavy atom. The van der Waals surface area contributed by atoms with E-state index < -0.39 is 0 Å². The molecule has 2 heterocycles. The van der Waals surface area contributed by atoms with Gasteiger partial charge in [-0.15, -0.1) is 0 Å². The van der Waals surface area contributed by atoms with Crippen LogP contribution in [-0.2, 0) is 6.54 Å². The lowest BCUT2D eigenvalue weighted by Gasteiger charge is -2.34. The number of hydrogen-bond donors (Lipinski definition) is 0. The molecule has 3 rings (SSSR count). The summed E-state index contributed by atoms with van der Waals surface area (Å²) in [6, 6.07) is 9.69. The highest BCUT2D eigenvalue weighted by atomic mass is 16.5. The highest BCUT2D eigenvalue weighted by molar-refractivity contribution is 5.94. The van der Waals surface area contributed by atoms with Crippen LogP contribution in [0.1, 0.15) is 21.5 Å². The van der Waals surface area contributed by atoms with Crippen molar-refractivity contribution in [3.63, 3.8) is 0 Å². The molecular formula is C19H23N3O2. The van der Waals surface area contributed by atoms with Crippen molar-refractivity contribution in [3.05, 3.63) is 59.4 Å². The van der Waals surface area contributed by atoms with Gasteiger partial charge in [-0.1, -0.05) is 12.1 Å². The SMILES string of the molecule is COc1cc(C(=O)N2CCN(Cc3cccnc3)CC2)ccc1C. The maximum absolute atomic E-state index is 12.7. The van der Waals surface area contributed by atoms with Crippen LogP contribution in [0.2, 0.25) is 0 Å². The normalized spacial score (nSPS) is 15.3. The Morgan fingerprint density at radius 1 is 1.21 bits per heavy atom. The van der Waals surface area contributed by atoms with Gasteiger partial charge in [0.2, 0.25) is 0 Å². The maximum Gasteiger partial charge on any atom is 0.254 e. The molecule has 0 radical (unpaired) electrons. The van der Waals surface area contributed by atoms with Crippen molar-refractivity contribution in [2.75, 3.05) is 33.3 Å². The molecule has 1 aliphatic rings. The van der Waals surface area contributed by atoms with Crippen LogP contribution < -0.4 is 4.74 Å². The van der Waals surface area contributed by atoms with Gasteiger partial charge in [0.05, 0.1) is 7.11 Å². The average molecular weight is 325 g/mol. The Morgan fingerprint density at radius 3 is 2.67 bits per heavy atom. The van der Waals surface area contributed by atoms with Crippen molar-refractivity contribution in [1.29, 1.82) is 0 Å². The molecule has 1 saturated heterocycles. The van der Waals surface area contributed by atoms with Crippen molar-refractivity contribution in [3.8, 4) is 5.75 Å². The van der Waals surface area contributed by atoms with Gasteiger partial charge in [0.1, 0.15) is 5.75 Å². The Bertz CT molecular complexity index is 695. The number of pyridine rings is 1. The summed E-state index contributed by atoms with van der Waals surface area (Å²) in [6.07, 6.45) is 3.69. The van der Waals surface area contributed by atoms with Crippen molar-refractivity contribution in [2.24, 2.45) is 0 Å². The number of carbonyl (C=O) groups excluding carboxylic acids is 1. The van der Waals surface area contributed by atoms with E-state index in [0.29, 0.717) is 5.56 Å². The molecule has 1 aliphatic heterocycles. The average Bonchev–Trinajstić information content (AvgIpc) is 2.63. The molecule has 126 valence electrons. The number of aryl methyl sites for hydroxylation is 1. The van der Waals surface area contributed by atoms with Crippen LogP contribution in [0.4, 0.5) is 0 Å². The molecule has 0 unspecified atom stereocenters. The summed E-state index contributed by atoms with van der Waals surface area (Å²) in [5.74, 6) is 0.838. The summed E-state index contributed by atoms with van der Waals surface area (Å²) in [4.78, 5) is 21.1. The smallest absolute Gasteiger partial charge is 0.254 e. The number of piperazine rings is 1. The third kappa shape index (κ3) is 3.74. The first-order valence-electron chi connectivity index (χ1n) is 8.22. The molecule has 1 aromatic carbocycles. The van der Waals surface area contributed by atoms with E-state index in [0.717, 1.165) is 44.0 Å². The van der Waals surface area contributed by atoms with E-state index >= 15 is 0 Å². The molecule has 0 atom stereocenters. The number of rotatable bonds is 4.